The first kappa shape index (κ1) is 28.4. The fourth-order valence-electron chi connectivity index (χ4n) is 4.10. The lowest BCUT2D eigenvalue weighted by atomic mass is 10.1. The van der Waals surface area contributed by atoms with Crippen molar-refractivity contribution < 1.29 is 19.1 Å². The van der Waals surface area contributed by atoms with Crippen LogP contribution in [0.5, 0.6) is 5.88 Å². The van der Waals surface area contributed by atoms with Crippen molar-refractivity contribution in [1.29, 1.82) is 0 Å². The molecule has 0 spiro atoms. The minimum absolute atomic E-state index is 0.0817. The third kappa shape index (κ3) is 7.64. The van der Waals surface area contributed by atoms with E-state index in [1.165, 1.54) is 63.1 Å². The van der Waals surface area contributed by atoms with E-state index in [1.54, 1.807) is 13.8 Å². The number of unbranched alkanes of at least 4 members (excludes halogenated alkanes) is 9. The minimum Gasteiger partial charge on any atom is -0.491 e. The molecule has 1 aromatic carbocycles. The summed E-state index contributed by atoms with van der Waals surface area (Å²) < 4.78 is 11.5. The van der Waals surface area contributed by atoms with Gasteiger partial charge in [0.05, 0.1) is 28.6 Å². The van der Waals surface area contributed by atoms with Crippen molar-refractivity contribution in [3.05, 3.63) is 50.9 Å². The standard InChI is InChI=1S/C27H35ClN4O5/c1-4-5-6-7-8-9-10-11-12-13-16-36-26(34)20-14-15-21(28)22(17-20)32-25(33)24(37-27(32)35)23-18(2)29-19(3)30-31-23/h14-15,17,33H,4-13,16H2,1-3H3. The van der Waals surface area contributed by atoms with Crippen molar-refractivity contribution in [2.24, 2.45) is 0 Å². The number of hydrogen-bond donors (Lipinski definition) is 1. The van der Waals surface area contributed by atoms with Gasteiger partial charge in [0.1, 0.15) is 5.82 Å². The van der Waals surface area contributed by atoms with E-state index in [1.807, 2.05) is 0 Å². The van der Waals surface area contributed by atoms with Crippen LogP contribution in [0.3, 0.4) is 0 Å². The molecule has 10 heteroatoms. The molecule has 0 amide bonds. The Morgan fingerprint density at radius 2 is 1.68 bits per heavy atom. The fourth-order valence-corrected chi connectivity index (χ4v) is 4.31. The molecule has 0 aliphatic rings. The largest absolute Gasteiger partial charge is 0.491 e. The highest BCUT2D eigenvalue weighted by Gasteiger charge is 2.24. The van der Waals surface area contributed by atoms with Crippen LogP contribution in [0.4, 0.5) is 0 Å². The summed E-state index contributed by atoms with van der Waals surface area (Å²) in [5, 5.41) is 18.8. The number of ether oxygens (including phenoxy) is 1. The van der Waals surface area contributed by atoms with E-state index < -0.39 is 17.6 Å². The normalized spacial score (nSPS) is 11.1. The van der Waals surface area contributed by atoms with Gasteiger partial charge in [-0.2, -0.15) is 0 Å². The van der Waals surface area contributed by atoms with Crippen molar-refractivity contribution in [3.63, 3.8) is 0 Å². The van der Waals surface area contributed by atoms with Crippen molar-refractivity contribution in [2.45, 2.75) is 85.0 Å². The molecule has 0 aliphatic carbocycles. The van der Waals surface area contributed by atoms with Crippen LogP contribution in [-0.2, 0) is 4.74 Å². The molecule has 2 heterocycles. The Bertz CT molecular complexity index is 1250. The number of nitrogens with zero attached hydrogens (tertiary/aromatic N) is 4. The van der Waals surface area contributed by atoms with Crippen molar-refractivity contribution in [2.75, 3.05) is 6.61 Å². The summed E-state index contributed by atoms with van der Waals surface area (Å²) in [5.74, 6) is -1.70. The SMILES string of the molecule is CCCCCCCCCCCCOC(=O)c1ccc(Cl)c(-n2c(O)c(-c3nnc(C)nc3C)oc2=O)c1. The average Bonchev–Trinajstić information content (AvgIpc) is 3.16. The topological polar surface area (TPSA) is 120 Å². The first-order valence-corrected chi connectivity index (χ1v) is 13.3. The lowest BCUT2D eigenvalue weighted by Crippen LogP contribution is -2.13. The number of aryl methyl sites for hydroxylation is 2. The lowest BCUT2D eigenvalue weighted by molar-refractivity contribution is 0.0497. The van der Waals surface area contributed by atoms with Gasteiger partial charge in [-0.15, -0.1) is 10.2 Å². The third-order valence-corrected chi connectivity index (χ3v) is 6.44. The summed E-state index contributed by atoms with van der Waals surface area (Å²) in [6.45, 7) is 5.87. The van der Waals surface area contributed by atoms with Crippen LogP contribution in [0.15, 0.2) is 27.4 Å². The van der Waals surface area contributed by atoms with Crippen LogP contribution in [0.25, 0.3) is 17.1 Å². The highest BCUT2D eigenvalue weighted by molar-refractivity contribution is 6.32. The molecule has 0 fully saturated rings. The van der Waals surface area contributed by atoms with Gasteiger partial charge in [-0.05, 0) is 38.5 Å². The molecule has 3 rings (SSSR count). The summed E-state index contributed by atoms with van der Waals surface area (Å²) in [5.41, 5.74) is 0.841. The second-order valence-electron chi connectivity index (χ2n) is 9.13. The fraction of sp³-hybridized carbons (Fsp3) is 0.519. The molecule has 2 aromatic heterocycles. The summed E-state index contributed by atoms with van der Waals surface area (Å²) in [6, 6.07) is 4.36. The van der Waals surface area contributed by atoms with Crippen LogP contribution in [0.1, 0.15) is 93.0 Å². The summed E-state index contributed by atoms with van der Waals surface area (Å²) in [6.07, 6.45) is 11.9. The number of oxazole rings is 1. The molecule has 3 aromatic rings. The zero-order valence-electron chi connectivity index (χ0n) is 21.8. The van der Waals surface area contributed by atoms with E-state index in [4.69, 9.17) is 20.8 Å². The lowest BCUT2D eigenvalue weighted by Gasteiger charge is -2.09. The molecular weight excluding hydrogens is 496 g/mol. The molecule has 9 nitrogen and oxygen atoms in total. The predicted molar refractivity (Wildman–Crippen MR) is 141 cm³/mol. The highest BCUT2D eigenvalue weighted by atomic mass is 35.5. The van der Waals surface area contributed by atoms with Gasteiger partial charge < -0.3 is 14.3 Å². The zero-order valence-corrected chi connectivity index (χ0v) is 22.5. The van der Waals surface area contributed by atoms with Crippen molar-refractivity contribution in [1.82, 2.24) is 19.7 Å². The smallest absolute Gasteiger partial charge is 0.427 e. The van der Waals surface area contributed by atoms with Crippen LogP contribution in [0.2, 0.25) is 5.02 Å². The number of aromatic hydroxyl groups is 1. The van der Waals surface area contributed by atoms with Crippen LogP contribution in [-0.4, -0.2) is 37.4 Å². The number of rotatable bonds is 14. The average molecular weight is 531 g/mol. The summed E-state index contributed by atoms with van der Waals surface area (Å²) >= 11 is 6.30. The van der Waals surface area contributed by atoms with Crippen LogP contribution >= 0.6 is 11.6 Å². The van der Waals surface area contributed by atoms with Gasteiger partial charge in [0, 0.05) is 0 Å². The van der Waals surface area contributed by atoms with E-state index in [-0.39, 0.29) is 27.7 Å². The van der Waals surface area contributed by atoms with Crippen LogP contribution < -0.4 is 5.76 Å². The van der Waals surface area contributed by atoms with Gasteiger partial charge in [0.15, 0.2) is 5.69 Å². The molecule has 0 atom stereocenters. The molecule has 200 valence electrons. The Labute approximate surface area is 221 Å². The maximum Gasteiger partial charge on any atom is 0.427 e. The molecule has 0 unspecified atom stereocenters. The number of benzene rings is 1. The number of aromatic nitrogens is 4. The molecule has 0 saturated carbocycles. The maximum atomic E-state index is 12.6. The van der Waals surface area contributed by atoms with Crippen molar-refractivity contribution in [3.8, 4) is 23.0 Å². The second kappa shape index (κ2) is 13.9. The minimum atomic E-state index is -0.896. The number of esters is 1. The summed E-state index contributed by atoms with van der Waals surface area (Å²) in [7, 11) is 0. The molecule has 0 radical (unpaired) electrons. The quantitative estimate of drug-likeness (QED) is 0.189. The Kier molecular flexibility index (Phi) is 10.7. The molecule has 0 saturated heterocycles. The van der Waals surface area contributed by atoms with Gasteiger partial charge in [-0.25, -0.2) is 19.1 Å². The molecular formula is C27H35ClN4O5. The third-order valence-electron chi connectivity index (χ3n) is 6.12. The van der Waals surface area contributed by atoms with Gasteiger partial charge in [0.25, 0.3) is 0 Å². The van der Waals surface area contributed by atoms with E-state index in [9.17, 15) is 14.7 Å². The van der Waals surface area contributed by atoms with Gasteiger partial charge in [-0.3, -0.25) is 0 Å². The molecule has 0 aliphatic heterocycles. The van der Waals surface area contributed by atoms with E-state index >= 15 is 0 Å². The first-order valence-electron chi connectivity index (χ1n) is 12.9. The number of carbonyl (C=O) groups is 1. The van der Waals surface area contributed by atoms with Crippen molar-refractivity contribution >= 4 is 17.6 Å². The Hall–Kier alpha value is -3.20. The molecule has 0 bridgehead atoms. The first-order chi connectivity index (χ1) is 17.8. The van der Waals surface area contributed by atoms with Crippen LogP contribution in [0, 0.1) is 13.8 Å². The zero-order chi connectivity index (χ0) is 26.8. The number of halogens is 1. The van der Waals surface area contributed by atoms with E-state index in [0.29, 0.717) is 18.1 Å². The molecule has 37 heavy (non-hydrogen) atoms. The van der Waals surface area contributed by atoms with Gasteiger partial charge in [-0.1, -0.05) is 76.3 Å². The van der Waals surface area contributed by atoms with Gasteiger partial charge >= 0.3 is 11.7 Å². The number of carbonyl (C=O) groups excluding carboxylic acids is 1. The summed E-state index contributed by atoms with van der Waals surface area (Å²) in [4.78, 5) is 29.4. The van der Waals surface area contributed by atoms with E-state index in [2.05, 4.69) is 22.1 Å². The Balaban J connectivity index is 1.59. The Morgan fingerprint density at radius 1 is 1.03 bits per heavy atom. The van der Waals surface area contributed by atoms with E-state index in [0.717, 1.165) is 23.8 Å². The maximum absolute atomic E-state index is 12.6. The predicted octanol–water partition coefficient (Wildman–Crippen LogP) is 6.34. The monoisotopic (exact) mass is 530 g/mol. The molecule has 1 N–H and O–H groups in total. The highest BCUT2D eigenvalue weighted by Crippen LogP contribution is 2.32. The Morgan fingerprint density at radius 3 is 2.32 bits per heavy atom. The number of hydrogen-bond acceptors (Lipinski definition) is 8. The second-order valence-corrected chi connectivity index (χ2v) is 9.54. The van der Waals surface area contributed by atoms with Gasteiger partial charge in [0.2, 0.25) is 11.6 Å².